The van der Waals surface area contributed by atoms with Crippen molar-refractivity contribution in [3.05, 3.63) is 0 Å². The van der Waals surface area contributed by atoms with Crippen molar-refractivity contribution >= 4 is 0 Å². The van der Waals surface area contributed by atoms with Crippen LogP contribution in [0.4, 0.5) is 0 Å². The lowest BCUT2D eigenvalue weighted by molar-refractivity contribution is 0.0765. The molecule has 0 saturated carbocycles. The van der Waals surface area contributed by atoms with Crippen LogP contribution in [-0.2, 0) is 4.74 Å². The predicted octanol–water partition coefficient (Wildman–Crippen LogP) is 0.0136. The van der Waals surface area contributed by atoms with Gasteiger partial charge in [-0.2, -0.15) is 0 Å². The van der Waals surface area contributed by atoms with Crippen LogP contribution in [0.2, 0.25) is 0 Å². The van der Waals surface area contributed by atoms with Crippen LogP contribution in [0.15, 0.2) is 0 Å². The number of aliphatic hydroxyl groups is 1. The summed E-state index contributed by atoms with van der Waals surface area (Å²) in [5, 5.41) is 8.43. The number of ether oxygens (including phenoxy) is 1. The maximum atomic E-state index is 8.43. The lowest BCUT2D eigenvalue weighted by Crippen LogP contribution is -2.07. The van der Waals surface area contributed by atoms with Crippen LogP contribution in [0.25, 0.3) is 0 Å². The first kappa shape index (κ1) is 5.92. The maximum Gasteiger partial charge on any atom is 0.0745 e. The molecule has 38 valence electrons. The summed E-state index contributed by atoms with van der Waals surface area (Å²) < 4.78 is 4.55. The van der Waals surface area contributed by atoms with Gasteiger partial charge in [-0.25, -0.2) is 0 Å². The molecule has 6 heavy (non-hydrogen) atoms. The molecule has 0 aliphatic carbocycles. The minimum absolute atomic E-state index is 0.324. The molecule has 1 N–H and O–H groups in total. The first-order valence-electron chi connectivity index (χ1n) is 1.94. The molecule has 1 unspecified atom stereocenters. The standard InChI is InChI=1S/C4H10O2/c1-4(5)3-6-2/h4-5H,3H2,1-2H3/i3+2. The quantitative estimate of drug-likeness (QED) is 0.520. The van der Waals surface area contributed by atoms with E-state index in [0.29, 0.717) is 6.61 Å². The molecule has 0 rings (SSSR count). The normalized spacial score (nSPS) is 14.5. The van der Waals surface area contributed by atoms with E-state index in [9.17, 15) is 0 Å². The third kappa shape index (κ3) is 3.92. The topological polar surface area (TPSA) is 29.5 Å². The molecule has 0 aromatic carbocycles. The van der Waals surface area contributed by atoms with Crippen molar-refractivity contribution in [2.75, 3.05) is 13.7 Å². The maximum absolute atomic E-state index is 8.43. The van der Waals surface area contributed by atoms with Gasteiger partial charge in [0, 0.05) is 7.11 Å². The fraction of sp³-hybridized carbons (Fsp3) is 1.00. The van der Waals surface area contributed by atoms with Gasteiger partial charge in [-0.15, -0.1) is 0 Å². The monoisotopic (exact) mass is 92.1 g/mol. The highest BCUT2D eigenvalue weighted by molar-refractivity contribution is 4.36. The second-order valence-corrected chi connectivity index (χ2v) is 1.30. The summed E-state index contributed by atoms with van der Waals surface area (Å²) in [4.78, 5) is 0. The van der Waals surface area contributed by atoms with Crippen LogP contribution in [0.5, 0.6) is 0 Å². The molecule has 2 heteroatoms. The lowest BCUT2D eigenvalue weighted by Gasteiger charge is -1.97. The zero-order valence-corrected chi connectivity index (χ0v) is 4.14. The highest BCUT2D eigenvalue weighted by Crippen LogP contribution is 1.75. The summed E-state index contributed by atoms with van der Waals surface area (Å²) in [6, 6.07) is 0. The molecule has 0 saturated heterocycles. The highest BCUT2D eigenvalue weighted by atomic mass is 16.7. The van der Waals surface area contributed by atoms with Gasteiger partial charge in [0.1, 0.15) is 0 Å². The average Bonchev–Trinajstić information content (AvgIpc) is 1.35. The molecule has 0 spiro atoms. The lowest BCUT2D eigenvalue weighted by atomic mass is 10.7. The fourth-order valence-corrected chi connectivity index (χ4v) is 0.241. The Balaban J connectivity index is 2.63. The van der Waals surface area contributed by atoms with E-state index in [2.05, 4.69) is 4.74 Å². The summed E-state index contributed by atoms with van der Waals surface area (Å²) in [6.45, 7) is 2.11. The summed E-state index contributed by atoms with van der Waals surface area (Å²) >= 11 is 0. The zero-order chi connectivity index (χ0) is 4.99. The van der Waals surface area contributed by atoms with E-state index in [1.165, 1.54) is 0 Å². The molecule has 1 atom stereocenters. The first-order chi connectivity index (χ1) is 2.77. The van der Waals surface area contributed by atoms with Gasteiger partial charge in [-0.3, -0.25) is 0 Å². The van der Waals surface area contributed by atoms with Gasteiger partial charge >= 0.3 is 0 Å². The number of hydrogen-bond acceptors (Lipinski definition) is 2. The van der Waals surface area contributed by atoms with E-state index in [1.807, 2.05) is 0 Å². The molecular weight excluding hydrogens is 82.0 g/mol. The van der Waals surface area contributed by atoms with Crippen LogP contribution < -0.4 is 0 Å². The van der Waals surface area contributed by atoms with Gasteiger partial charge < -0.3 is 9.84 Å². The summed E-state index contributed by atoms with van der Waals surface area (Å²) in [6.07, 6.45) is -0.324. The van der Waals surface area contributed by atoms with Crippen molar-refractivity contribution in [2.45, 2.75) is 13.0 Å². The van der Waals surface area contributed by atoms with E-state index in [1.54, 1.807) is 14.0 Å². The van der Waals surface area contributed by atoms with Gasteiger partial charge in [0.2, 0.25) is 0 Å². The number of aliphatic hydroxyl groups excluding tert-OH is 1. The van der Waals surface area contributed by atoms with Gasteiger partial charge in [0.05, 0.1) is 12.7 Å². The largest absolute Gasteiger partial charge is 0.391 e. The Morgan fingerprint density at radius 1 is 1.83 bits per heavy atom. The molecule has 0 fully saturated rings. The Morgan fingerprint density at radius 3 is 2.33 bits per heavy atom. The van der Waals surface area contributed by atoms with Crippen molar-refractivity contribution in [1.82, 2.24) is 0 Å². The molecule has 0 radical (unpaired) electrons. The van der Waals surface area contributed by atoms with Crippen molar-refractivity contribution in [2.24, 2.45) is 0 Å². The first-order valence-corrected chi connectivity index (χ1v) is 1.94. The van der Waals surface area contributed by atoms with Crippen LogP contribution >= 0.6 is 0 Å². The van der Waals surface area contributed by atoms with Gasteiger partial charge in [-0.05, 0) is 6.92 Å². The third-order valence-corrected chi connectivity index (χ3v) is 0.408. The highest BCUT2D eigenvalue weighted by Gasteiger charge is 1.87. The van der Waals surface area contributed by atoms with E-state index in [4.69, 9.17) is 5.11 Å². The molecule has 0 aromatic rings. The Labute approximate surface area is 37.7 Å². The second-order valence-electron chi connectivity index (χ2n) is 1.30. The van der Waals surface area contributed by atoms with E-state index in [-0.39, 0.29) is 6.10 Å². The average molecular weight is 92.1 g/mol. The van der Waals surface area contributed by atoms with E-state index in [0.717, 1.165) is 0 Å². The second kappa shape index (κ2) is 3.12. The van der Waals surface area contributed by atoms with Gasteiger partial charge in [-0.1, -0.05) is 0 Å². The molecule has 2 nitrogen and oxygen atoms in total. The van der Waals surface area contributed by atoms with Gasteiger partial charge in [0.25, 0.3) is 0 Å². The van der Waals surface area contributed by atoms with Crippen molar-refractivity contribution in [3.8, 4) is 0 Å². The Bertz CT molecular complexity index is 26.7. The predicted molar refractivity (Wildman–Crippen MR) is 23.6 cm³/mol. The fourth-order valence-electron chi connectivity index (χ4n) is 0.241. The minimum atomic E-state index is -0.324. The Morgan fingerprint density at radius 2 is 2.33 bits per heavy atom. The van der Waals surface area contributed by atoms with E-state index >= 15 is 0 Å². The van der Waals surface area contributed by atoms with Crippen LogP contribution in [0.1, 0.15) is 6.92 Å². The third-order valence-electron chi connectivity index (χ3n) is 0.408. The van der Waals surface area contributed by atoms with Crippen LogP contribution in [0.3, 0.4) is 0 Å². The summed E-state index contributed by atoms with van der Waals surface area (Å²) in [5.41, 5.74) is 0. The van der Waals surface area contributed by atoms with Gasteiger partial charge in [0.15, 0.2) is 0 Å². The minimum Gasteiger partial charge on any atom is -0.391 e. The van der Waals surface area contributed by atoms with E-state index < -0.39 is 0 Å². The molecule has 0 aliphatic rings. The molecule has 0 aliphatic heterocycles. The zero-order valence-electron chi connectivity index (χ0n) is 4.14. The molecular formula is C4H10O2. The SMILES string of the molecule is CO[14CH2]C(C)O. The summed E-state index contributed by atoms with van der Waals surface area (Å²) in [7, 11) is 1.56. The number of methoxy groups -OCH3 is 1. The van der Waals surface area contributed by atoms with Crippen LogP contribution in [-0.4, -0.2) is 24.9 Å². The Kier molecular flexibility index (Phi) is 3.08. The molecule has 0 amide bonds. The summed E-state index contributed by atoms with van der Waals surface area (Å²) in [5.74, 6) is 0. The number of hydrogen-bond donors (Lipinski definition) is 1. The van der Waals surface area contributed by atoms with Crippen molar-refractivity contribution < 1.29 is 9.84 Å². The molecule has 0 heterocycles. The molecule has 0 bridgehead atoms. The van der Waals surface area contributed by atoms with Crippen molar-refractivity contribution in [1.29, 1.82) is 0 Å². The number of rotatable bonds is 2. The van der Waals surface area contributed by atoms with Crippen molar-refractivity contribution in [3.63, 3.8) is 0 Å². The molecule has 0 aromatic heterocycles. The smallest absolute Gasteiger partial charge is 0.0745 e. The Hall–Kier alpha value is -0.0800. The van der Waals surface area contributed by atoms with Crippen LogP contribution in [0, 0.1) is 0 Å².